The number of rotatable bonds is 4. The van der Waals surface area contributed by atoms with Gasteiger partial charge in [-0.05, 0) is 30.6 Å². The highest BCUT2D eigenvalue weighted by molar-refractivity contribution is 5.06. The topological polar surface area (TPSA) is 56.7 Å². The Morgan fingerprint density at radius 2 is 2.28 bits per heavy atom. The van der Waals surface area contributed by atoms with E-state index in [1.165, 1.54) is 25.7 Å². The second-order valence-corrected chi connectivity index (χ2v) is 6.25. The smallest absolute Gasteiger partial charge is 0.0757 e. The number of aromatic nitrogens is 3. The number of hydrogen-bond donors (Lipinski definition) is 1. The first-order chi connectivity index (χ1) is 8.56. The van der Waals surface area contributed by atoms with E-state index in [0.717, 1.165) is 18.7 Å². The molecule has 102 valence electrons. The van der Waals surface area contributed by atoms with Gasteiger partial charge in [-0.25, -0.2) is 4.68 Å². The predicted molar refractivity (Wildman–Crippen MR) is 73.0 cm³/mol. The highest BCUT2D eigenvalue weighted by Gasteiger charge is 2.37. The maximum Gasteiger partial charge on any atom is 0.0757 e. The molecule has 1 aromatic heterocycles. The number of hydrogen-bond acceptors (Lipinski definition) is 3. The van der Waals surface area contributed by atoms with Crippen molar-refractivity contribution in [3.05, 3.63) is 11.9 Å². The van der Waals surface area contributed by atoms with Gasteiger partial charge in [0.15, 0.2) is 0 Å². The Morgan fingerprint density at radius 1 is 1.50 bits per heavy atom. The average molecular weight is 250 g/mol. The van der Waals surface area contributed by atoms with Crippen LogP contribution < -0.4 is 5.73 Å². The van der Waals surface area contributed by atoms with Crippen molar-refractivity contribution in [2.75, 3.05) is 0 Å². The normalized spacial score (nSPS) is 25.0. The van der Waals surface area contributed by atoms with Gasteiger partial charge in [-0.15, -0.1) is 5.10 Å². The van der Waals surface area contributed by atoms with Gasteiger partial charge in [0, 0.05) is 6.54 Å². The third kappa shape index (κ3) is 2.58. The summed E-state index contributed by atoms with van der Waals surface area (Å²) in [6.45, 7) is 7.77. The van der Waals surface area contributed by atoms with Crippen molar-refractivity contribution in [3.63, 3.8) is 0 Å². The third-order valence-electron chi connectivity index (χ3n) is 4.45. The van der Waals surface area contributed by atoms with Crippen LogP contribution >= 0.6 is 0 Å². The van der Waals surface area contributed by atoms with Crippen LogP contribution in [0.15, 0.2) is 6.20 Å². The van der Waals surface area contributed by atoms with Crippen LogP contribution in [0.1, 0.15) is 64.6 Å². The number of nitrogens with zero attached hydrogens (tertiary/aromatic N) is 3. The van der Waals surface area contributed by atoms with Crippen molar-refractivity contribution in [3.8, 4) is 0 Å². The molecule has 0 bridgehead atoms. The molecule has 2 unspecified atom stereocenters. The largest absolute Gasteiger partial charge is 0.322 e. The van der Waals surface area contributed by atoms with Gasteiger partial charge in [0.05, 0.1) is 17.9 Å². The molecule has 4 nitrogen and oxygen atoms in total. The summed E-state index contributed by atoms with van der Waals surface area (Å²) in [6.07, 6.45) is 8.06. The van der Waals surface area contributed by atoms with E-state index < -0.39 is 0 Å². The lowest BCUT2D eigenvalue weighted by Gasteiger charge is -2.41. The van der Waals surface area contributed by atoms with Crippen LogP contribution in [0.4, 0.5) is 0 Å². The Labute approximate surface area is 110 Å². The molecule has 0 saturated heterocycles. The lowest BCUT2D eigenvalue weighted by molar-refractivity contribution is 0.109. The Kier molecular flexibility index (Phi) is 4.05. The van der Waals surface area contributed by atoms with Crippen molar-refractivity contribution in [2.24, 2.45) is 17.1 Å². The van der Waals surface area contributed by atoms with Gasteiger partial charge in [-0.2, -0.15) is 0 Å². The molecule has 0 radical (unpaired) electrons. The fourth-order valence-corrected chi connectivity index (χ4v) is 3.30. The van der Waals surface area contributed by atoms with Crippen molar-refractivity contribution in [2.45, 2.75) is 65.5 Å². The Morgan fingerprint density at radius 3 is 2.94 bits per heavy atom. The second-order valence-electron chi connectivity index (χ2n) is 6.25. The Bertz CT molecular complexity index is 383. The molecule has 0 aliphatic heterocycles. The SMILES string of the molecule is CCCn1nncc1C(N)C1CCCCC1(C)C. The second kappa shape index (κ2) is 5.39. The molecule has 1 saturated carbocycles. The maximum absolute atomic E-state index is 6.52. The van der Waals surface area contributed by atoms with E-state index >= 15 is 0 Å². The first-order valence-corrected chi connectivity index (χ1v) is 7.20. The molecular weight excluding hydrogens is 224 g/mol. The van der Waals surface area contributed by atoms with Gasteiger partial charge in [0.1, 0.15) is 0 Å². The zero-order valence-corrected chi connectivity index (χ0v) is 11.9. The highest BCUT2D eigenvalue weighted by Crippen LogP contribution is 2.45. The summed E-state index contributed by atoms with van der Waals surface area (Å²) < 4.78 is 1.98. The standard InChI is InChI=1S/C14H26N4/c1-4-9-18-12(10-16-17-18)13(15)11-7-5-6-8-14(11,2)3/h10-11,13H,4-9,15H2,1-3H3. The van der Waals surface area contributed by atoms with Crippen molar-refractivity contribution in [1.82, 2.24) is 15.0 Å². The summed E-state index contributed by atoms with van der Waals surface area (Å²) >= 11 is 0. The maximum atomic E-state index is 6.52. The summed E-state index contributed by atoms with van der Waals surface area (Å²) in [4.78, 5) is 0. The van der Waals surface area contributed by atoms with Crippen LogP contribution in [0, 0.1) is 11.3 Å². The summed E-state index contributed by atoms with van der Waals surface area (Å²) in [5.41, 5.74) is 7.96. The van der Waals surface area contributed by atoms with E-state index in [9.17, 15) is 0 Å². The highest BCUT2D eigenvalue weighted by atomic mass is 15.4. The summed E-state index contributed by atoms with van der Waals surface area (Å²) in [6, 6.07) is 0.0712. The lowest BCUT2D eigenvalue weighted by atomic mass is 9.65. The molecule has 18 heavy (non-hydrogen) atoms. The fraction of sp³-hybridized carbons (Fsp3) is 0.857. The minimum atomic E-state index is 0.0712. The van der Waals surface area contributed by atoms with Crippen LogP contribution in [0.2, 0.25) is 0 Å². The minimum Gasteiger partial charge on any atom is -0.322 e. The van der Waals surface area contributed by atoms with Crippen LogP contribution in [-0.2, 0) is 6.54 Å². The van der Waals surface area contributed by atoms with E-state index in [2.05, 4.69) is 31.1 Å². The van der Waals surface area contributed by atoms with Crippen molar-refractivity contribution >= 4 is 0 Å². The van der Waals surface area contributed by atoms with Crippen LogP contribution in [0.5, 0.6) is 0 Å². The summed E-state index contributed by atoms with van der Waals surface area (Å²) in [5, 5.41) is 8.19. The first-order valence-electron chi connectivity index (χ1n) is 7.20. The van der Waals surface area contributed by atoms with Crippen LogP contribution in [-0.4, -0.2) is 15.0 Å². The Hall–Kier alpha value is -0.900. The number of aryl methyl sites for hydroxylation is 1. The van der Waals surface area contributed by atoms with Crippen molar-refractivity contribution in [1.29, 1.82) is 0 Å². The molecule has 0 spiro atoms. The minimum absolute atomic E-state index is 0.0712. The van der Waals surface area contributed by atoms with Gasteiger partial charge < -0.3 is 5.73 Å². The van der Waals surface area contributed by atoms with Crippen LogP contribution in [0.25, 0.3) is 0 Å². The van der Waals surface area contributed by atoms with E-state index in [4.69, 9.17) is 5.73 Å². The van der Waals surface area contributed by atoms with E-state index in [1.54, 1.807) is 0 Å². The molecule has 2 atom stereocenters. The first kappa shape index (κ1) is 13.5. The molecule has 4 heteroatoms. The molecular formula is C14H26N4. The van der Waals surface area contributed by atoms with Gasteiger partial charge in [0.2, 0.25) is 0 Å². The average Bonchev–Trinajstić information content (AvgIpc) is 2.76. The van der Waals surface area contributed by atoms with Crippen LogP contribution in [0.3, 0.4) is 0 Å². The van der Waals surface area contributed by atoms with Gasteiger partial charge >= 0.3 is 0 Å². The quantitative estimate of drug-likeness (QED) is 0.894. The van der Waals surface area contributed by atoms with Gasteiger partial charge in [-0.3, -0.25) is 0 Å². The molecule has 2 N–H and O–H groups in total. The number of nitrogens with two attached hydrogens (primary N) is 1. The third-order valence-corrected chi connectivity index (χ3v) is 4.45. The Balaban J connectivity index is 2.19. The zero-order chi connectivity index (χ0) is 13.2. The predicted octanol–water partition coefficient (Wildman–Crippen LogP) is 2.90. The molecule has 1 fully saturated rings. The molecule has 1 aromatic rings. The van der Waals surface area contributed by atoms with E-state index in [-0.39, 0.29) is 6.04 Å². The summed E-state index contributed by atoms with van der Waals surface area (Å²) in [7, 11) is 0. The van der Waals surface area contributed by atoms with E-state index in [1.807, 2.05) is 10.9 Å². The lowest BCUT2D eigenvalue weighted by Crippen LogP contribution is -2.37. The molecule has 0 aromatic carbocycles. The van der Waals surface area contributed by atoms with Gasteiger partial charge in [-0.1, -0.05) is 38.8 Å². The molecule has 0 amide bonds. The zero-order valence-electron chi connectivity index (χ0n) is 11.9. The summed E-state index contributed by atoms with van der Waals surface area (Å²) in [5.74, 6) is 0.542. The van der Waals surface area contributed by atoms with Crippen molar-refractivity contribution < 1.29 is 0 Å². The van der Waals surface area contributed by atoms with Gasteiger partial charge in [0.25, 0.3) is 0 Å². The molecule has 1 heterocycles. The molecule has 2 rings (SSSR count). The molecule has 1 aliphatic carbocycles. The monoisotopic (exact) mass is 250 g/mol. The molecule has 1 aliphatic rings. The van der Waals surface area contributed by atoms with E-state index in [0.29, 0.717) is 11.3 Å². The fourth-order valence-electron chi connectivity index (χ4n) is 3.30.